The third-order valence-corrected chi connectivity index (χ3v) is 4.73. The van der Waals surface area contributed by atoms with E-state index in [1.807, 2.05) is 66.9 Å². The van der Waals surface area contributed by atoms with Crippen LogP contribution in [0.4, 0.5) is 0 Å². The predicted octanol–water partition coefficient (Wildman–Crippen LogP) is 2.70. The van der Waals surface area contributed by atoms with Gasteiger partial charge >= 0.3 is 0 Å². The molecule has 7 heteroatoms. The van der Waals surface area contributed by atoms with Crippen LogP contribution >= 0.6 is 0 Å². The fourth-order valence-electron chi connectivity index (χ4n) is 3.18. The smallest absolute Gasteiger partial charge is 0.275 e. The molecule has 4 aromatic rings. The van der Waals surface area contributed by atoms with Gasteiger partial charge in [-0.05, 0) is 49.2 Å². The summed E-state index contributed by atoms with van der Waals surface area (Å²) in [4.78, 5) is 24.9. The molecule has 0 aliphatic heterocycles. The molecule has 150 valence electrons. The van der Waals surface area contributed by atoms with Gasteiger partial charge < -0.3 is 5.32 Å². The van der Waals surface area contributed by atoms with Crippen molar-refractivity contribution in [2.45, 2.75) is 13.3 Å². The summed E-state index contributed by atoms with van der Waals surface area (Å²) in [5.74, 6) is -0.474. The molecule has 2 heterocycles. The zero-order chi connectivity index (χ0) is 20.9. The van der Waals surface area contributed by atoms with Gasteiger partial charge in [-0.15, -0.1) is 0 Å². The number of benzene rings is 2. The Kier molecular flexibility index (Phi) is 5.52. The Hall–Kier alpha value is -4.00. The third-order valence-electron chi connectivity index (χ3n) is 4.73. The van der Waals surface area contributed by atoms with Crippen LogP contribution in [0.1, 0.15) is 21.7 Å². The van der Waals surface area contributed by atoms with E-state index >= 15 is 0 Å². The lowest BCUT2D eigenvalue weighted by Gasteiger charge is -2.11. The minimum absolute atomic E-state index is 0.113. The molecule has 1 amide bonds. The molecule has 0 fully saturated rings. The Labute approximate surface area is 173 Å². The number of nitrogens with one attached hydrogen (secondary N) is 1. The second-order valence-corrected chi connectivity index (χ2v) is 6.87. The molecule has 2 aromatic heterocycles. The Balaban J connectivity index is 1.42. The van der Waals surface area contributed by atoms with E-state index in [0.29, 0.717) is 18.7 Å². The van der Waals surface area contributed by atoms with Crippen molar-refractivity contribution in [2.24, 2.45) is 0 Å². The van der Waals surface area contributed by atoms with E-state index in [4.69, 9.17) is 0 Å². The predicted molar refractivity (Wildman–Crippen MR) is 114 cm³/mol. The van der Waals surface area contributed by atoms with Crippen molar-refractivity contribution in [1.29, 1.82) is 0 Å². The molecule has 7 nitrogen and oxygen atoms in total. The van der Waals surface area contributed by atoms with Crippen molar-refractivity contribution in [3.63, 3.8) is 0 Å². The Morgan fingerprint density at radius 2 is 1.77 bits per heavy atom. The number of rotatable bonds is 6. The highest BCUT2D eigenvalue weighted by Gasteiger charge is 2.15. The zero-order valence-electron chi connectivity index (χ0n) is 16.5. The van der Waals surface area contributed by atoms with Gasteiger partial charge in [0.25, 0.3) is 5.91 Å². The van der Waals surface area contributed by atoms with Crippen LogP contribution in [0.25, 0.3) is 11.4 Å². The van der Waals surface area contributed by atoms with Gasteiger partial charge in [-0.3, -0.25) is 9.59 Å². The van der Waals surface area contributed by atoms with Crippen LogP contribution in [0, 0.1) is 6.92 Å². The molecule has 4 rings (SSSR count). The first-order valence-electron chi connectivity index (χ1n) is 9.65. The van der Waals surface area contributed by atoms with Gasteiger partial charge in [-0.2, -0.15) is 10.2 Å². The number of hydrogen-bond acceptors (Lipinski definition) is 4. The van der Waals surface area contributed by atoms with E-state index in [9.17, 15) is 9.59 Å². The lowest BCUT2D eigenvalue weighted by Crippen LogP contribution is -2.33. The topological polar surface area (TPSA) is 81.8 Å². The highest BCUT2D eigenvalue weighted by atomic mass is 16.2. The normalized spacial score (nSPS) is 10.7. The first-order chi connectivity index (χ1) is 14.6. The molecule has 0 bridgehead atoms. The highest BCUT2D eigenvalue weighted by molar-refractivity contribution is 5.92. The summed E-state index contributed by atoms with van der Waals surface area (Å²) in [5.41, 5.74) is 3.00. The number of amides is 1. The molecule has 2 aromatic carbocycles. The molecular weight excluding hydrogens is 378 g/mol. The number of aromatic nitrogens is 4. The highest BCUT2D eigenvalue weighted by Crippen LogP contribution is 2.10. The number of para-hydroxylation sites is 1. The molecule has 0 unspecified atom stereocenters. The van der Waals surface area contributed by atoms with Crippen LogP contribution in [0.2, 0.25) is 0 Å². The van der Waals surface area contributed by atoms with Gasteiger partial charge in [0.2, 0.25) is 5.43 Å². The SMILES string of the molecule is Cc1cc(=O)c(C(=O)NCCc2ccc(-n3cccn3)cc2)nn1-c1ccccc1. The third kappa shape index (κ3) is 4.20. The summed E-state index contributed by atoms with van der Waals surface area (Å²) in [5, 5.41) is 11.3. The number of nitrogens with zero attached hydrogens (tertiary/aromatic N) is 4. The van der Waals surface area contributed by atoms with Crippen molar-refractivity contribution < 1.29 is 4.79 Å². The maximum absolute atomic E-state index is 12.6. The number of hydrogen-bond donors (Lipinski definition) is 1. The summed E-state index contributed by atoms with van der Waals surface area (Å²) in [6.45, 7) is 2.19. The van der Waals surface area contributed by atoms with E-state index in [2.05, 4.69) is 15.5 Å². The fourth-order valence-corrected chi connectivity index (χ4v) is 3.18. The minimum atomic E-state index is -0.474. The van der Waals surface area contributed by atoms with E-state index in [-0.39, 0.29) is 11.1 Å². The molecule has 0 saturated carbocycles. The first-order valence-corrected chi connectivity index (χ1v) is 9.65. The van der Waals surface area contributed by atoms with Crippen molar-refractivity contribution in [1.82, 2.24) is 24.9 Å². The molecule has 0 aliphatic rings. The molecule has 1 N–H and O–H groups in total. The maximum Gasteiger partial charge on any atom is 0.275 e. The van der Waals surface area contributed by atoms with Crippen LogP contribution in [-0.2, 0) is 6.42 Å². The molecule has 0 spiro atoms. The van der Waals surface area contributed by atoms with Crippen LogP contribution in [0.5, 0.6) is 0 Å². The Morgan fingerprint density at radius 1 is 1.00 bits per heavy atom. The lowest BCUT2D eigenvalue weighted by atomic mass is 10.1. The summed E-state index contributed by atoms with van der Waals surface area (Å²) < 4.78 is 3.39. The molecule has 0 atom stereocenters. The second kappa shape index (κ2) is 8.57. The standard InChI is InChI=1S/C23H21N5O2/c1-17-16-21(29)22(26-28(17)20-6-3-2-4-7-20)23(30)24-14-12-18-8-10-19(11-9-18)27-15-5-13-25-27/h2-11,13,15-16H,12,14H2,1H3,(H,24,30). The summed E-state index contributed by atoms with van der Waals surface area (Å²) in [7, 11) is 0. The van der Waals surface area contributed by atoms with Crippen LogP contribution < -0.4 is 10.7 Å². The molecule has 0 saturated heterocycles. The monoisotopic (exact) mass is 399 g/mol. The van der Waals surface area contributed by atoms with Gasteiger partial charge in [0.05, 0.1) is 11.4 Å². The number of carbonyl (C=O) groups excluding carboxylic acids is 1. The summed E-state index contributed by atoms with van der Waals surface area (Å²) in [6.07, 6.45) is 4.25. The number of carbonyl (C=O) groups is 1. The van der Waals surface area contributed by atoms with Gasteiger partial charge in [-0.1, -0.05) is 30.3 Å². The second-order valence-electron chi connectivity index (χ2n) is 6.87. The van der Waals surface area contributed by atoms with Gasteiger partial charge in [-0.25, -0.2) is 9.36 Å². The van der Waals surface area contributed by atoms with E-state index in [1.54, 1.807) is 22.5 Å². The van der Waals surface area contributed by atoms with Crippen molar-refractivity contribution in [2.75, 3.05) is 6.54 Å². The molecule has 0 aliphatic carbocycles. The zero-order valence-corrected chi connectivity index (χ0v) is 16.5. The number of aryl methyl sites for hydroxylation is 1. The van der Waals surface area contributed by atoms with Crippen molar-refractivity contribution in [3.8, 4) is 11.4 Å². The first kappa shape index (κ1) is 19.3. The van der Waals surface area contributed by atoms with E-state index in [0.717, 1.165) is 16.9 Å². The van der Waals surface area contributed by atoms with Gasteiger partial charge in [0.1, 0.15) is 0 Å². The largest absolute Gasteiger partial charge is 0.350 e. The van der Waals surface area contributed by atoms with Crippen LogP contribution in [0.15, 0.2) is 83.9 Å². The molecular formula is C23H21N5O2. The Bertz CT molecular complexity index is 1200. The fraction of sp³-hybridized carbons (Fsp3) is 0.130. The Morgan fingerprint density at radius 3 is 2.47 bits per heavy atom. The summed E-state index contributed by atoms with van der Waals surface area (Å²) >= 11 is 0. The maximum atomic E-state index is 12.6. The van der Waals surface area contributed by atoms with E-state index < -0.39 is 5.91 Å². The molecule has 30 heavy (non-hydrogen) atoms. The summed E-state index contributed by atoms with van der Waals surface area (Å²) in [6, 6.07) is 20.7. The quantitative estimate of drug-likeness (QED) is 0.541. The van der Waals surface area contributed by atoms with Crippen LogP contribution in [-0.4, -0.2) is 32.0 Å². The van der Waals surface area contributed by atoms with Crippen molar-refractivity contribution in [3.05, 3.63) is 106 Å². The van der Waals surface area contributed by atoms with Crippen molar-refractivity contribution >= 4 is 5.91 Å². The minimum Gasteiger partial charge on any atom is -0.350 e. The van der Waals surface area contributed by atoms with E-state index in [1.165, 1.54) is 6.07 Å². The average molecular weight is 399 g/mol. The average Bonchev–Trinajstić information content (AvgIpc) is 3.30. The van der Waals surface area contributed by atoms with Crippen LogP contribution in [0.3, 0.4) is 0 Å². The molecule has 0 radical (unpaired) electrons. The van der Waals surface area contributed by atoms with Gasteiger partial charge in [0.15, 0.2) is 5.69 Å². The lowest BCUT2D eigenvalue weighted by molar-refractivity contribution is 0.0946. The van der Waals surface area contributed by atoms with Gasteiger partial charge in [0, 0.05) is 30.7 Å².